The number of benzene rings is 2. The molecule has 26 heavy (non-hydrogen) atoms. The molecule has 0 atom stereocenters. The Morgan fingerprint density at radius 2 is 1.62 bits per heavy atom. The summed E-state index contributed by atoms with van der Waals surface area (Å²) in [5.41, 5.74) is 8.50. The molecule has 3 aromatic rings. The van der Waals surface area contributed by atoms with Crippen molar-refractivity contribution in [1.82, 2.24) is 4.98 Å². The first-order chi connectivity index (χ1) is 12.6. The van der Waals surface area contributed by atoms with Crippen molar-refractivity contribution in [3.8, 4) is 0 Å². The van der Waals surface area contributed by atoms with E-state index in [1.54, 1.807) is 36.4 Å². The average molecular weight is 346 g/mol. The number of hydrogen-bond acceptors (Lipinski definition) is 4. The molecule has 2 aromatic carbocycles. The molecule has 0 saturated heterocycles. The van der Waals surface area contributed by atoms with Gasteiger partial charge in [0.05, 0.1) is 29.7 Å². The first-order valence-corrected chi connectivity index (χ1v) is 8.07. The number of para-hydroxylation sites is 2. The highest BCUT2D eigenvalue weighted by Crippen LogP contribution is 2.17. The molecule has 0 fully saturated rings. The number of rotatable bonds is 5. The molecule has 0 saturated carbocycles. The Labute approximate surface area is 151 Å². The van der Waals surface area contributed by atoms with E-state index in [-0.39, 0.29) is 23.9 Å². The van der Waals surface area contributed by atoms with Gasteiger partial charge in [-0.05, 0) is 29.8 Å². The smallest absolute Gasteiger partial charge is 0.274 e. The van der Waals surface area contributed by atoms with Crippen LogP contribution >= 0.6 is 0 Å². The Morgan fingerprint density at radius 3 is 2.31 bits per heavy atom. The maximum atomic E-state index is 12.2. The van der Waals surface area contributed by atoms with Gasteiger partial charge in [0.15, 0.2) is 0 Å². The number of carbonyl (C=O) groups excluding carboxylic acids is 2. The maximum Gasteiger partial charge on any atom is 0.274 e. The second kappa shape index (κ2) is 7.94. The van der Waals surface area contributed by atoms with Crippen LogP contribution in [0, 0.1) is 0 Å². The Morgan fingerprint density at radius 1 is 0.885 bits per heavy atom. The number of carbonyl (C=O) groups is 2. The zero-order valence-corrected chi connectivity index (χ0v) is 14.0. The number of nitrogens with one attached hydrogen (secondary N) is 2. The number of aromatic nitrogens is 1. The number of nitrogen functional groups attached to an aromatic ring is 1. The minimum Gasteiger partial charge on any atom is -0.397 e. The third kappa shape index (κ3) is 4.45. The summed E-state index contributed by atoms with van der Waals surface area (Å²) >= 11 is 0. The molecule has 3 rings (SSSR count). The number of nitrogens with two attached hydrogens (primary N) is 1. The molecule has 0 aliphatic heterocycles. The van der Waals surface area contributed by atoms with E-state index >= 15 is 0 Å². The average Bonchev–Trinajstić information content (AvgIpc) is 2.65. The van der Waals surface area contributed by atoms with Crippen LogP contribution < -0.4 is 16.4 Å². The maximum absolute atomic E-state index is 12.2. The molecule has 1 heterocycles. The molecule has 130 valence electrons. The summed E-state index contributed by atoms with van der Waals surface area (Å²) in [7, 11) is 0. The topological polar surface area (TPSA) is 97.1 Å². The van der Waals surface area contributed by atoms with E-state index in [0.717, 1.165) is 5.56 Å². The van der Waals surface area contributed by atoms with Crippen LogP contribution in [0.3, 0.4) is 0 Å². The van der Waals surface area contributed by atoms with Crippen LogP contribution in [0.2, 0.25) is 0 Å². The van der Waals surface area contributed by atoms with E-state index in [2.05, 4.69) is 15.6 Å². The Hall–Kier alpha value is -3.67. The van der Waals surface area contributed by atoms with Gasteiger partial charge in [-0.3, -0.25) is 9.59 Å². The van der Waals surface area contributed by atoms with Gasteiger partial charge in [-0.15, -0.1) is 0 Å². The molecule has 0 aliphatic carbocycles. The molecule has 0 bridgehead atoms. The first kappa shape index (κ1) is 17.2. The highest BCUT2D eigenvalue weighted by atomic mass is 16.2. The second-order valence-corrected chi connectivity index (χ2v) is 5.68. The van der Waals surface area contributed by atoms with Crippen molar-refractivity contribution in [3.63, 3.8) is 0 Å². The van der Waals surface area contributed by atoms with Crippen molar-refractivity contribution in [2.45, 2.75) is 6.42 Å². The van der Waals surface area contributed by atoms with Crippen LogP contribution in [0.1, 0.15) is 16.1 Å². The molecule has 0 spiro atoms. The van der Waals surface area contributed by atoms with Crippen molar-refractivity contribution in [2.75, 3.05) is 16.4 Å². The van der Waals surface area contributed by atoms with Crippen LogP contribution in [0.15, 0.2) is 72.9 Å². The number of anilines is 3. The number of nitrogens with zero attached hydrogens (tertiary/aromatic N) is 1. The molecule has 4 N–H and O–H groups in total. The lowest BCUT2D eigenvalue weighted by atomic mass is 10.1. The van der Waals surface area contributed by atoms with Gasteiger partial charge in [0.1, 0.15) is 5.69 Å². The number of amides is 2. The van der Waals surface area contributed by atoms with Gasteiger partial charge in [0.25, 0.3) is 5.91 Å². The summed E-state index contributed by atoms with van der Waals surface area (Å²) in [5, 5.41) is 5.47. The van der Waals surface area contributed by atoms with Crippen LogP contribution in [0.5, 0.6) is 0 Å². The van der Waals surface area contributed by atoms with Crippen molar-refractivity contribution < 1.29 is 9.59 Å². The van der Waals surface area contributed by atoms with E-state index in [1.807, 2.05) is 30.3 Å². The van der Waals surface area contributed by atoms with E-state index in [0.29, 0.717) is 17.1 Å². The Kier molecular flexibility index (Phi) is 5.24. The largest absolute Gasteiger partial charge is 0.397 e. The van der Waals surface area contributed by atoms with Crippen LogP contribution in [0.25, 0.3) is 0 Å². The van der Waals surface area contributed by atoms with E-state index in [9.17, 15) is 9.59 Å². The van der Waals surface area contributed by atoms with Gasteiger partial charge in [-0.1, -0.05) is 42.5 Å². The van der Waals surface area contributed by atoms with E-state index < -0.39 is 0 Å². The third-order valence-electron chi connectivity index (χ3n) is 3.70. The molecule has 1 aromatic heterocycles. The molecular weight excluding hydrogens is 328 g/mol. The molecule has 0 radical (unpaired) electrons. The standard InChI is InChI=1S/C20H18N4O2/c21-16-8-4-5-9-17(16)24-20(26)18-11-10-15(13-22-18)23-19(25)12-14-6-2-1-3-7-14/h1-11,13H,12,21H2,(H,23,25)(H,24,26). The monoisotopic (exact) mass is 346 g/mol. The normalized spacial score (nSPS) is 10.2. The summed E-state index contributed by atoms with van der Waals surface area (Å²) < 4.78 is 0. The SMILES string of the molecule is Nc1ccccc1NC(=O)c1ccc(NC(=O)Cc2ccccc2)cn1. The summed E-state index contributed by atoms with van der Waals surface area (Å²) in [6.07, 6.45) is 1.72. The molecule has 2 amide bonds. The highest BCUT2D eigenvalue weighted by molar-refractivity contribution is 6.04. The molecular formula is C20H18N4O2. The Bertz CT molecular complexity index is 909. The van der Waals surface area contributed by atoms with Gasteiger partial charge < -0.3 is 16.4 Å². The Balaban J connectivity index is 1.60. The fourth-order valence-electron chi connectivity index (χ4n) is 2.39. The summed E-state index contributed by atoms with van der Waals surface area (Å²) in [6.45, 7) is 0. The lowest BCUT2D eigenvalue weighted by molar-refractivity contribution is -0.115. The minimum atomic E-state index is -0.370. The highest BCUT2D eigenvalue weighted by Gasteiger charge is 2.10. The quantitative estimate of drug-likeness (QED) is 0.618. The summed E-state index contributed by atoms with van der Waals surface area (Å²) in [5.74, 6) is -0.516. The lowest BCUT2D eigenvalue weighted by Crippen LogP contribution is -2.16. The first-order valence-electron chi connectivity index (χ1n) is 8.07. The van der Waals surface area contributed by atoms with Crippen molar-refractivity contribution in [2.24, 2.45) is 0 Å². The van der Waals surface area contributed by atoms with E-state index in [4.69, 9.17) is 5.73 Å². The predicted octanol–water partition coefficient (Wildman–Crippen LogP) is 3.10. The molecule has 6 nitrogen and oxygen atoms in total. The van der Waals surface area contributed by atoms with Crippen molar-refractivity contribution >= 4 is 28.9 Å². The zero-order valence-electron chi connectivity index (χ0n) is 14.0. The molecule has 0 unspecified atom stereocenters. The number of hydrogen-bond donors (Lipinski definition) is 3. The van der Waals surface area contributed by atoms with Crippen LogP contribution in [-0.2, 0) is 11.2 Å². The van der Waals surface area contributed by atoms with Gasteiger partial charge in [0, 0.05) is 0 Å². The molecule has 0 aliphatic rings. The van der Waals surface area contributed by atoms with Gasteiger partial charge in [-0.25, -0.2) is 4.98 Å². The molecule has 6 heteroatoms. The van der Waals surface area contributed by atoms with Gasteiger partial charge in [0.2, 0.25) is 5.91 Å². The van der Waals surface area contributed by atoms with Gasteiger partial charge in [-0.2, -0.15) is 0 Å². The van der Waals surface area contributed by atoms with Crippen molar-refractivity contribution in [1.29, 1.82) is 0 Å². The van der Waals surface area contributed by atoms with E-state index in [1.165, 1.54) is 6.20 Å². The van der Waals surface area contributed by atoms with Gasteiger partial charge >= 0.3 is 0 Å². The van der Waals surface area contributed by atoms with Crippen LogP contribution in [-0.4, -0.2) is 16.8 Å². The van der Waals surface area contributed by atoms with Crippen molar-refractivity contribution in [3.05, 3.63) is 84.2 Å². The third-order valence-corrected chi connectivity index (χ3v) is 3.70. The second-order valence-electron chi connectivity index (χ2n) is 5.68. The van der Waals surface area contributed by atoms with Crippen LogP contribution in [0.4, 0.5) is 17.1 Å². The predicted molar refractivity (Wildman–Crippen MR) is 102 cm³/mol. The lowest BCUT2D eigenvalue weighted by Gasteiger charge is -2.08. The zero-order chi connectivity index (χ0) is 18.4. The summed E-state index contributed by atoms with van der Waals surface area (Å²) in [4.78, 5) is 28.4. The fourth-order valence-corrected chi connectivity index (χ4v) is 2.39. The minimum absolute atomic E-state index is 0.146. The summed E-state index contributed by atoms with van der Waals surface area (Å²) in [6, 6.07) is 19.6. The fraction of sp³-hybridized carbons (Fsp3) is 0.0500. The number of pyridine rings is 1.